The number of rotatable bonds is 4. The van der Waals surface area contributed by atoms with Crippen LogP contribution >= 0.6 is 0 Å². The number of para-hydroxylation sites is 2. The van der Waals surface area contributed by atoms with Crippen molar-refractivity contribution >= 4 is 22.5 Å². The van der Waals surface area contributed by atoms with Gasteiger partial charge in [-0.05, 0) is 24.3 Å². The molecule has 2 N–H and O–H groups in total. The van der Waals surface area contributed by atoms with E-state index >= 15 is 0 Å². The molecule has 3 heterocycles. The Hall–Kier alpha value is -3.17. The molecule has 0 atom stereocenters. The summed E-state index contributed by atoms with van der Waals surface area (Å²) < 4.78 is 39.3. The maximum absolute atomic E-state index is 12.9. The van der Waals surface area contributed by atoms with Gasteiger partial charge in [0.05, 0.1) is 11.0 Å². The number of alkyl halides is 3. The van der Waals surface area contributed by atoms with Crippen molar-refractivity contribution in [1.29, 1.82) is 0 Å². The molecule has 25 heavy (non-hydrogen) atoms. The van der Waals surface area contributed by atoms with Crippen LogP contribution < -0.4 is 5.32 Å². The summed E-state index contributed by atoms with van der Waals surface area (Å²) >= 11 is 0. The summed E-state index contributed by atoms with van der Waals surface area (Å²) in [4.78, 5) is 7.63. The van der Waals surface area contributed by atoms with Crippen LogP contribution in [0.4, 0.5) is 19.0 Å². The Bertz CT molecular complexity index is 1000. The number of hydrogen-bond donors (Lipinski definition) is 2. The van der Waals surface area contributed by atoms with Gasteiger partial charge in [0.15, 0.2) is 5.65 Å². The Balaban J connectivity index is 1.49. The van der Waals surface area contributed by atoms with Crippen LogP contribution in [0.25, 0.3) is 16.7 Å². The first kappa shape index (κ1) is 15.4. The zero-order chi connectivity index (χ0) is 17.4. The van der Waals surface area contributed by atoms with E-state index in [-0.39, 0.29) is 5.65 Å². The Kier molecular flexibility index (Phi) is 3.52. The van der Waals surface area contributed by atoms with Crippen molar-refractivity contribution in [3.63, 3.8) is 0 Å². The van der Waals surface area contributed by atoms with E-state index in [1.165, 1.54) is 6.07 Å². The average molecular weight is 347 g/mol. The van der Waals surface area contributed by atoms with Crippen LogP contribution in [-0.4, -0.2) is 36.3 Å². The van der Waals surface area contributed by atoms with E-state index in [9.17, 15) is 13.2 Å². The molecule has 1 aromatic carbocycles. The zero-order valence-electron chi connectivity index (χ0n) is 12.7. The first-order valence-corrected chi connectivity index (χ1v) is 7.48. The quantitative estimate of drug-likeness (QED) is 0.593. The van der Waals surface area contributed by atoms with Crippen molar-refractivity contribution in [2.75, 3.05) is 11.9 Å². The molecule has 0 bridgehead atoms. The third kappa shape index (κ3) is 2.97. The molecule has 0 aliphatic rings. The van der Waals surface area contributed by atoms with Gasteiger partial charge in [-0.25, -0.2) is 4.98 Å². The lowest BCUT2D eigenvalue weighted by Crippen LogP contribution is -2.14. The minimum atomic E-state index is -4.61. The first-order valence-electron chi connectivity index (χ1n) is 7.48. The molecular weight excluding hydrogens is 335 g/mol. The summed E-state index contributed by atoms with van der Waals surface area (Å²) in [5.74, 6) is -0.0626. The summed E-state index contributed by atoms with van der Waals surface area (Å²) in [5.41, 5.74) is 1.85. The highest BCUT2D eigenvalue weighted by Crippen LogP contribution is 2.27. The number of hydrogen-bond acceptors (Lipinski definition) is 5. The minimum absolute atomic E-state index is 0.0372. The number of nitrogens with one attached hydrogen (secondary N) is 2. The second-order valence-electron chi connectivity index (χ2n) is 5.39. The first-order chi connectivity index (χ1) is 12.0. The van der Waals surface area contributed by atoms with Crippen LogP contribution in [0, 0.1) is 0 Å². The normalized spacial score (nSPS) is 12.1. The lowest BCUT2D eigenvalue weighted by Gasteiger charge is -2.06. The van der Waals surface area contributed by atoms with E-state index in [1.807, 2.05) is 24.3 Å². The van der Waals surface area contributed by atoms with Crippen molar-refractivity contribution < 1.29 is 13.2 Å². The fourth-order valence-electron chi connectivity index (χ4n) is 2.49. The summed E-state index contributed by atoms with van der Waals surface area (Å²) in [6.45, 7) is 0.460. The van der Waals surface area contributed by atoms with Crippen LogP contribution in [0.15, 0.2) is 36.4 Å². The van der Waals surface area contributed by atoms with Crippen molar-refractivity contribution in [1.82, 2.24) is 29.8 Å². The summed E-state index contributed by atoms with van der Waals surface area (Å²) in [6, 6.07) is 10.6. The second kappa shape index (κ2) is 5.72. The summed E-state index contributed by atoms with van der Waals surface area (Å²) in [6.07, 6.45) is -4.04. The Morgan fingerprint density at radius 3 is 2.72 bits per heavy atom. The highest BCUT2D eigenvalue weighted by Gasteiger charge is 2.37. The molecule has 128 valence electrons. The van der Waals surface area contributed by atoms with Gasteiger partial charge in [-0.2, -0.15) is 17.7 Å². The van der Waals surface area contributed by atoms with Gasteiger partial charge in [0.2, 0.25) is 0 Å². The Labute approximate surface area is 138 Å². The van der Waals surface area contributed by atoms with Gasteiger partial charge in [0.25, 0.3) is 5.82 Å². The van der Waals surface area contributed by atoms with Crippen LogP contribution in [0.1, 0.15) is 11.6 Å². The second-order valence-corrected chi connectivity index (χ2v) is 5.39. The number of fused-ring (bicyclic) bond motifs is 2. The SMILES string of the molecule is FC(F)(F)c1nnc2ccc(NCCc3nc4ccccc4[nH]3)nn12. The number of aromatic nitrogens is 6. The highest BCUT2D eigenvalue weighted by atomic mass is 19.4. The number of anilines is 1. The van der Waals surface area contributed by atoms with Crippen LogP contribution in [0.2, 0.25) is 0 Å². The standard InChI is InChI=1S/C15H12F3N7/c16-15(17,18)14-23-22-13-6-5-11(24-25(13)14)19-8-7-12-20-9-3-1-2-4-10(9)21-12/h1-6H,7-8H2,(H,19,24)(H,20,21). The maximum atomic E-state index is 12.9. The van der Waals surface area contributed by atoms with Crippen LogP contribution in [-0.2, 0) is 12.6 Å². The molecule has 4 rings (SSSR count). The fraction of sp³-hybridized carbons (Fsp3) is 0.200. The molecule has 0 spiro atoms. The number of aromatic amines is 1. The molecule has 0 saturated carbocycles. The van der Waals surface area contributed by atoms with Gasteiger partial charge < -0.3 is 10.3 Å². The van der Waals surface area contributed by atoms with E-state index in [0.29, 0.717) is 23.3 Å². The molecule has 0 unspecified atom stereocenters. The van der Waals surface area contributed by atoms with Gasteiger partial charge in [0, 0.05) is 13.0 Å². The monoisotopic (exact) mass is 347 g/mol. The number of halogens is 3. The largest absolute Gasteiger partial charge is 0.453 e. The molecule has 10 heteroatoms. The lowest BCUT2D eigenvalue weighted by atomic mass is 10.3. The number of H-pyrrole nitrogens is 1. The molecule has 4 aromatic rings. The molecule has 3 aromatic heterocycles. The molecule has 0 aliphatic carbocycles. The van der Waals surface area contributed by atoms with E-state index in [0.717, 1.165) is 16.9 Å². The molecule has 0 amide bonds. The summed E-state index contributed by atoms with van der Waals surface area (Å²) in [5, 5.41) is 13.5. The minimum Gasteiger partial charge on any atom is -0.368 e. The topological polar surface area (TPSA) is 83.8 Å². The lowest BCUT2D eigenvalue weighted by molar-refractivity contribution is -0.146. The van der Waals surface area contributed by atoms with Crippen molar-refractivity contribution in [2.24, 2.45) is 0 Å². The average Bonchev–Trinajstić information content (AvgIpc) is 3.17. The molecule has 0 radical (unpaired) electrons. The van der Waals surface area contributed by atoms with Gasteiger partial charge in [-0.1, -0.05) is 12.1 Å². The Morgan fingerprint density at radius 2 is 1.92 bits per heavy atom. The van der Waals surface area contributed by atoms with Gasteiger partial charge >= 0.3 is 6.18 Å². The molecular formula is C15H12F3N7. The van der Waals surface area contributed by atoms with E-state index in [4.69, 9.17) is 0 Å². The highest BCUT2D eigenvalue weighted by molar-refractivity contribution is 5.74. The summed E-state index contributed by atoms with van der Waals surface area (Å²) in [7, 11) is 0. The number of benzene rings is 1. The molecule has 0 aliphatic heterocycles. The van der Waals surface area contributed by atoms with Gasteiger partial charge in [-0.3, -0.25) is 0 Å². The van der Waals surface area contributed by atoms with Crippen molar-refractivity contribution in [2.45, 2.75) is 12.6 Å². The predicted molar refractivity (Wildman–Crippen MR) is 84.1 cm³/mol. The Morgan fingerprint density at radius 1 is 1.08 bits per heavy atom. The van der Waals surface area contributed by atoms with Gasteiger partial charge in [0.1, 0.15) is 11.6 Å². The van der Waals surface area contributed by atoms with Crippen molar-refractivity contribution in [3.05, 3.63) is 48.0 Å². The number of imidazole rings is 1. The van der Waals surface area contributed by atoms with E-state index < -0.39 is 12.0 Å². The maximum Gasteiger partial charge on any atom is 0.453 e. The molecule has 7 nitrogen and oxygen atoms in total. The fourth-order valence-corrected chi connectivity index (χ4v) is 2.49. The molecule has 0 saturated heterocycles. The smallest absolute Gasteiger partial charge is 0.368 e. The van der Waals surface area contributed by atoms with E-state index in [2.05, 4.69) is 30.6 Å². The van der Waals surface area contributed by atoms with Gasteiger partial charge in [-0.15, -0.1) is 15.3 Å². The molecule has 0 fully saturated rings. The number of nitrogens with zero attached hydrogens (tertiary/aromatic N) is 5. The zero-order valence-corrected chi connectivity index (χ0v) is 12.7. The van der Waals surface area contributed by atoms with Crippen LogP contribution in [0.3, 0.4) is 0 Å². The third-order valence-corrected chi connectivity index (χ3v) is 3.62. The van der Waals surface area contributed by atoms with E-state index in [1.54, 1.807) is 6.07 Å². The third-order valence-electron chi connectivity index (χ3n) is 3.62. The predicted octanol–water partition coefficient (Wildman–Crippen LogP) is 2.67. The van der Waals surface area contributed by atoms with Crippen LogP contribution in [0.5, 0.6) is 0 Å². The van der Waals surface area contributed by atoms with Crippen molar-refractivity contribution in [3.8, 4) is 0 Å².